The number of nitrogens with two attached hydrogens (primary N) is 1. The normalized spacial score (nSPS) is 11.6. The van der Waals surface area contributed by atoms with E-state index in [1.807, 2.05) is 12.1 Å². The molecule has 2 rings (SSSR count). The van der Waals surface area contributed by atoms with Gasteiger partial charge in [-0.25, -0.2) is 8.42 Å². The van der Waals surface area contributed by atoms with Crippen LogP contribution in [0.15, 0.2) is 47.4 Å². The van der Waals surface area contributed by atoms with E-state index in [1.165, 1.54) is 18.2 Å². The van der Waals surface area contributed by atoms with Gasteiger partial charge in [0.1, 0.15) is 0 Å². The molecule has 0 aliphatic heterocycles. The van der Waals surface area contributed by atoms with E-state index in [0.717, 1.165) is 5.56 Å². The van der Waals surface area contributed by atoms with Crippen molar-refractivity contribution in [1.29, 1.82) is 0 Å². The standard InChI is InChI=1S/C14H13Cl2NO2S/c15-13-6-5-12(7-14(13)16)20(18,19)9-11-4-2-1-3-10(11)8-17/h1-7H,8-9,17H2. The van der Waals surface area contributed by atoms with E-state index >= 15 is 0 Å². The van der Waals surface area contributed by atoms with Crippen LogP contribution in [0.5, 0.6) is 0 Å². The fourth-order valence-corrected chi connectivity index (χ4v) is 3.65. The van der Waals surface area contributed by atoms with Crippen molar-refractivity contribution in [2.75, 3.05) is 0 Å². The van der Waals surface area contributed by atoms with Crippen molar-refractivity contribution in [3.8, 4) is 0 Å². The highest BCUT2D eigenvalue weighted by atomic mass is 35.5. The summed E-state index contributed by atoms with van der Waals surface area (Å²) >= 11 is 11.7. The van der Waals surface area contributed by atoms with Gasteiger partial charge in [-0.2, -0.15) is 0 Å². The molecule has 0 aliphatic carbocycles. The summed E-state index contributed by atoms with van der Waals surface area (Å²) in [6.07, 6.45) is 0. The van der Waals surface area contributed by atoms with Gasteiger partial charge in [0, 0.05) is 6.54 Å². The minimum Gasteiger partial charge on any atom is -0.326 e. The Labute approximate surface area is 128 Å². The molecule has 0 saturated heterocycles. The minimum absolute atomic E-state index is 0.113. The fourth-order valence-electron chi connectivity index (χ4n) is 1.86. The molecule has 3 nitrogen and oxygen atoms in total. The summed E-state index contributed by atoms with van der Waals surface area (Å²) in [5.41, 5.74) is 7.13. The molecule has 2 N–H and O–H groups in total. The first-order valence-corrected chi connectivity index (χ1v) is 8.29. The van der Waals surface area contributed by atoms with Gasteiger partial charge in [-0.1, -0.05) is 47.5 Å². The molecule has 0 spiro atoms. The van der Waals surface area contributed by atoms with Crippen molar-refractivity contribution >= 4 is 33.0 Å². The number of sulfone groups is 1. The topological polar surface area (TPSA) is 60.2 Å². The lowest BCUT2D eigenvalue weighted by Crippen LogP contribution is -2.09. The molecular formula is C14H13Cl2NO2S. The van der Waals surface area contributed by atoms with Crippen LogP contribution in [-0.2, 0) is 22.1 Å². The molecule has 0 aliphatic rings. The Hall–Kier alpha value is -1.07. The van der Waals surface area contributed by atoms with Gasteiger partial charge in [-0.05, 0) is 29.3 Å². The zero-order valence-corrected chi connectivity index (χ0v) is 12.8. The van der Waals surface area contributed by atoms with Crippen LogP contribution in [0.2, 0.25) is 10.0 Å². The Morgan fingerprint density at radius 1 is 0.950 bits per heavy atom. The highest BCUT2D eigenvalue weighted by molar-refractivity contribution is 7.90. The second-order valence-corrected chi connectivity index (χ2v) is 7.11. The molecule has 0 unspecified atom stereocenters. The van der Waals surface area contributed by atoms with Crippen molar-refractivity contribution in [2.45, 2.75) is 17.2 Å². The summed E-state index contributed by atoms with van der Waals surface area (Å²) in [6.45, 7) is 0.299. The first kappa shape index (κ1) is 15.3. The van der Waals surface area contributed by atoms with E-state index in [0.29, 0.717) is 17.1 Å². The molecule has 106 valence electrons. The number of hydrogen-bond donors (Lipinski definition) is 1. The van der Waals surface area contributed by atoms with Crippen molar-refractivity contribution in [3.63, 3.8) is 0 Å². The molecule has 0 fully saturated rings. The van der Waals surface area contributed by atoms with Crippen LogP contribution in [0.4, 0.5) is 0 Å². The van der Waals surface area contributed by atoms with Gasteiger partial charge in [-0.15, -0.1) is 0 Å². The summed E-state index contributed by atoms with van der Waals surface area (Å²) in [7, 11) is -3.48. The number of benzene rings is 2. The zero-order chi connectivity index (χ0) is 14.8. The third kappa shape index (κ3) is 3.33. The Morgan fingerprint density at radius 2 is 1.60 bits per heavy atom. The highest BCUT2D eigenvalue weighted by Gasteiger charge is 2.18. The smallest absolute Gasteiger partial charge is 0.182 e. The number of rotatable bonds is 4. The fraction of sp³-hybridized carbons (Fsp3) is 0.143. The van der Waals surface area contributed by atoms with Crippen LogP contribution < -0.4 is 5.73 Å². The molecule has 2 aromatic carbocycles. The molecule has 2 aromatic rings. The quantitative estimate of drug-likeness (QED) is 0.934. The lowest BCUT2D eigenvalue weighted by atomic mass is 10.1. The van der Waals surface area contributed by atoms with E-state index in [9.17, 15) is 8.42 Å². The van der Waals surface area contributed by atoms with Crippen molar-refractivity contribution in [3.05, 3.63) is 63.6 Å². The van der Waals surface area contributed by atoms with Crippen molar-refractivity contribution in [1.82, 2.24) is 0 Å². The lowest BCUT2D eigenvalue weighted by molar-refractivity contribution is 0.595. The molecule has 0 heterocycles. The minimum atomic E-state index is -3.48. The van der Waals surface area contributed by atoms with Crippen LogP contribution >= 0.6 is 23.2 Å². The third-order valence-electron chi connectivity index (χ3n) is 2.93. The molecule has 6 heteroatoms. The summed E-state index contributed by atoms with van der Waals surface area (Å²) in [4.78, 5) is 0.152. The van der Waals surface area contributed by atoms with Gasteiger partial charge in [0.05, 0.1) is 20.7 Å². The van der Waals surface area contributed by atoms with Crippen LogP contribution in [-0.4, -0.2) is 8.42 Å². The molecule has 0 bridgehead atoms. The first-order chi connectivity index (χ1) is 9.44. The van der Waals surface area contributed by atoms with Gasteiger partial charge >= 0.3 is 0 Å². The average molecular weight is 330 g/mol. The second kappa shape index (κ2) is 6.14. The van der Waals surface area contributed by atoms with Gasteiger partial charge in [0.25, 0.3) is 0 Å². The first-order valence-electron chi connectivity index (χ1n) is 5.88. The average Bonchev–Trinajstić information content (AvgIpc) is 2.42. The van der Waals surface area contributed by atoms with E-state index in [-0.39, 0.29) is 15.7 Å². The van der Waals surface area contributed by atoms with Crippen LogP contribution in [0.25, 0.3) is 0 Å². The van der Waals surface area contributed by atoms with Gasteiger partial charge < -0.3 is 5.73 Å². The Kier molecular flexibility index (Phi) is 4.70. The van der Waals surface area contributed by atoms with Gasteiger partial charge in [0.15, 0.2) is 9.84 Å². The Balaban J connectivity index is 2.38. The van der Waals surface area contributed by atoms with Crippen LogP contribution in [0.1, 0.15) is 11.1 Å². The SMILES string of the molecule is NCc1ccccc1CS(=O)(=O)c1ccc(Cl)c(Cl)c1. The predicted molar refractivity (Wildman–Crippen MR) is 81.7 cm³/mol. The van der Waals surface area contributed by atoms with Gasteiger partial charge in [-0.3, -0.25) is 0 Å². The lowest BCUT2D eigenvalue weighted by Gasteiger charge is -2.09. The van der Waals surface area contributed by atoms with Gasteiger partial charge in [0.2, 0.25) is 0 Å². The largest absolute Gasteiger partial charge is 0.326 e. The highest BCUT2D eigenvalue weighted by Crippen LogP contribution is 2.27. The monoisotopic (exact) mass is 329 g/mol. The number of hydrogen-bond acceptors (Lipinski definition) is 3. The second-order valence-electron chi connectivity index (χ2n) is 4.31. The summed E-state index contributed by atoms with van der Waals surface area (Å²) in [6, 6.07) is 11.5. The third-order valence-corrected chi connectivity index (χ3v) is 5.34. The molecule has 20 heavy (non-hydrogen) atoms. The molecule has 0 atom stereocenters. The molecule has 0 amide bonds. The van der Waals surface area contributed by atoms with Crippen molar-refractivity contribution < 1.29 is 8.42 Å². The Morgan fingerprint density at radius 3 is 2.20 bits per heavy atom. The summed E-state index contributed by atoms with van der Waals surface area (Å²) < 4.78 is 24.8. The van der Waals surface area contributed by atoms with E-state index in [2.05, 4.69) is 0 Å². The summed E-state index contributed by atoms with van der Waals surface area (Å²) in [5, 5.41) is 0.549. The maximum atomic E-state index is 12.4. The molecule has 0 saturated carbocycles. The Bertz CT molecular complexity index is 730. The summed E-state index contributed by atoms with van der Waals surface area (Å²) in [5.74, 6) is -0.113. The van der Waals surface area contributed by atoms with Crippen LogP contribution in [0, 0.1) is 0 Å². The van der Waals surface area contributed by atoms with Crippen LogP contribution in [0.3, 0.4) is 0 Å². The molecule has 0 aromatic heterocycles. The zero-order valence-electron chi connectivity index (χ0n) is 10.5. The van der Waals surface area contributed by atoms with E-state index in [1.54, 1.807) is 12.1 Å². The maximum absolute atomic E-state index is 12.4. The molecule has 0 radical (unpaired) electrons. The molecular weight excluding hydrogens is 317 g/mol. The van der Waals surface area contributed by atoms with E-state index in [4.69, 9.17) is 28.9 Å². The van der Waals surface area contributed by atoms with E-state index < -0.39 is 9.84 Å². The maximum Gasteiger partial charge on any atom is 0.182 e. The number of halogens is 2. The predicted octanol–water partition coefficient (Wildman–Crippen LogP) is 3.43. The van der Waals surface area contributed by atoms with Crippen molar-refractivity contribution in [2.24, 2.45) is 5.73 Å².